The van der Waals surface area contributed by atoms with Crippen molar-refractivity contribution >= 4 is 5.91 Å². The van der Waals surface area contributed by atoms with Gasteiger partial charge in [0.15, 0.2) is 0 Å². The van der Waals surface area contributed by atoms with Gasteiger partial charge in [0.1, 0.15) is 12.4 Å². The normalized spacial score (nSPS) is 15.8. The number of benzene rings is 2. The van der Waals surface area contributed by atoms with Crippen molar-refractivity contribution in [2.45, 2.75) is 19.1 Å². The third-order valence-corrected chi connectivity index (χ3v) is 5.39. The zero-order chi connectivity index (χ0) is 23.7. The summed E-state index contributed by atoms with van der Waals surface area (Å²) in [4.78, 5) is 15.1. The molecule has 1 fully saturated rings. The Balaban J connectivity index is 1.71. The standard InChI is InChI=1S/C24H29F3N2O4/c1-2-31-15-16-33-22-6-4-3-5-20(22)23(30)28-17-21(29-11-13-32-14-12-29)18-7-9-19(10-8-18)24(25,26)27/h3-10,21H,2,11-17H2,1H3,(H,28,30). The molecule has 33 heavy (non-hydrogen) atoms. The summed E-state index contributed by atoms with van der Waals surface area (Å²) in [5.74, 6) is 0.138. The van der Waals surface area contributed by atoms with Gasteiger partial charge in [0.25, 0.3) is 5.91 Å². The number of hydrogen-bond acceptors (Lipinski definition) is 5. The molecule has 2 aromatic carbocycles. The lowest BCUT2D eigenvalue weighted by atomic mass is 10.0. The van der Waals surface area contributed by atoms with Crippen LogP contribution in [0.25, 0.3) is 0 Å². The molecule has 1 atom stereocenters. The van der Waals surface area contributed by atoms with Crippen LogP contribution in [0.15, 0.2) is 48.5 Å². The minimum atomic E-state index is -4.40. The van der Waals surface area contributed by atoms with Gasteiger partial charge in [0.05, 0.1) is 37.0 Å². The molecule has 0 saturated carbocycles. The summed E-state index contributed by atoms with van der Waals surface area (Å²) in [7, 11) is 0. The Hall–Kier alpha value is -2.62. The summed E-state index contributed by atoms with van der Waals surface area (Å²) in [5, 5.41) is 2.93. The van der Waals surface area contributed by atoms with Crippen LogP contribution in [-0.2, 0) is 15.7 Å². The van der Waals surface area contributed by atoms with Gasteiger partial charge in [-0.05, 0) is 36.8 Å². The summed E-state index contributed by atoms with van der Waals surface area (Å²) in [6, 6.07) is 11.7. The van der Waals surface area contributed by atoms with Crippen LogP contribution in [0.4, 0.5) is 13.2 Å². The molecule has 180 valence electrons. The average molecular weight is 467 g/mol. The SMILES string of the molecule is CCOCCOc1ccccc1C(=O)NCC(c1ccc(C(F)(F)F)cc1)N1CCOCC1. The van der Waals surface area contributed by atoms with E-state index in [1.807, 2.05) is 6.92 Å². The fourth-order valence-electron chi connectivity index (χ4n) is 3.66. The van der Waals surface area contributed by atoms with E-state index in [9.17, 15) is 18.0 Å². The van der Waals surface area contributed by atoms with E-state index >= 15 is 0 Å². The number of nitrogens with zero attached hydrogens (tertiary/aromatic N) is 1. The minimum absolute atomic E-state index is 0.234. The summed E-state index contributed by atoms with van der Waals surface area (Å²) >= 11 is 0. The molecular weight excluding hydrogens is 437 g/mol. The lowest BCUT2D eigenvalue weighted by molar-refractivity contribution is -0.137. The van der Waals surface area contributed by atoms with Gasteiger partial charge in [-0.25, -0.2) is 0 Å². The first-order valence-corrected chi connectivity index (χ1v) is 11.0. The van der Waals surface area contributed by atoms with Crippen LogP contribution in [0.5, 0.6) is 5.75 Å². The van der Waals surface area contributed by atoms with Crippen molar-refractivity contribution in [3.05, 3.63) is 65.2 Å². The molecule has 1 aliphatic rings. The third kappa shape index (κ3) is 7.18. The molecule has 1 aliphatic heterocycles. The summed E-state index contributed by atoms with van der Waals surface area (Å²) in [6.45, 7) is 5.75. The Morgan fingerprint density at radius 3 is 2.45 bits per heavy atom. The molecule has 1 amide bonds. The Bertz CT molecular complexity index is 884. The molecule has 0 aliphatic carbocycles. The van der Waals surface area contributed by atoms with Gasteiger partial charge in [-0.2, -0.15) is 13.2 Å². The van der Waals surface area contributed by atoms with Crippen molar-refractivity contribution in [2.75, 3.05) is 52.7 Å². The Morgan fingerprint density at radius 1 is 1.09 bits per heavy atom. The predicted molar refractivity (Wildman–Crippen MR) is 117 cm³/mol. The largest absolute Gasteiger partial charge is 0.490 e. The molecule has 1 N–H and O–H groups in total. The summed E-state index contributed by atoms with van der Waals surface area (Å²) in [6.07, 6.45) is -4.40. The van der Waals surface area contributed by atoms with E-state index in [0.717, 1.165) is 12.1 Å². The number of ether oxygens (including phenoxy) is 3. The fraction of sp³-hybridized carbons (Fsp3) is 0.458. The van der Waals surface area contributed by atoms with Crippen LogP contribution in [0, 0.1) is 0 Å². The van der Waals surface area contributed by atoms with Gasteiger partial charge >= 0.3 is 6.18 Å². The molecule has 9 heteroatoms. The lowest BCUT2D eigenvalue weighted by Gasteiger charge is -2.35. The van der Waals surface area contributed by atoms with E-state index < -0.39 is 11.7 Å². The van der Waals surface area contributed by atoms with E-state index in [1.54, 1.807) is 24.3 Å². The Labute approximate surface area is 191 Å². The maximum absolute atomic E-state index is 13.0. The van der Waals surface area contributed by atoms with Crippen molar-refractivity contribution in [3.8, 4) is 5.75 Å². The zero-order valence-corrected chi connectivity index (χ0v) is 18.6. The van der Waals surface area contributed by atoms with E-state index in [4.69, 9.17) is 14.2 Å². The van der Waals surface area contributed by atoms with Gasteiger partial charge < -0.3 is 19.5 Å². The first kappa shape index (κ1) is 25.0. The number of nitrogens with one attached hydrogen (secondary N) is 1. The zero-order valence-electron chi connectivity index (χ0n) is 18.6. The van der Waals surface area contributed by atoms with Gasteiger partial charge in [-0.15, -0.1) is 0 Å². The van der Waals surface area contributed by atoms with E-state index in [1.165, 1.54) is 12.1 Å². The smallest absolute Gasteiger partial charge is 0.416 e. The van der Waals surface area contributed by atoms with Gasteiger partial charge in [-0.3, -0.25) is 9.69 Å². The third-order valence-electron chi connectivity index (χ3n) is 5.39. The number of alkyl halides is 3. The van der Waals surface area contributed by atoms with Crippen molar-refractivity contribution in [1.29, 1.82) is 0 Å². The molecule has 0 aromatic heterocycles. The first-order valence-electron chi connectivity index (χ1n) is 11.0. The van der Waals surface area contributed by atoms with Crippen LogP contribution in [-0.4, -0.2) is 63.5 Å². The second kappa shape index (κ2) is 12.0. The summed E-state index contributed by atoms with van der Waals surface area (Å²) in [5.41, 5.74) is 0.391. The number of carbonyl (C=O) groups excluding carboxylic acids is 1. The molecule has 1 heterocycles. The molecule has 6 nitrogen and oxygen atoms in total. The molecule has 0 radical (unpaired) electrons. The van der Waals surface area contributed by atoms with E-state index in [0.29, 0.717) is 63.0 Å². The summed E-state index contributed by atoms with van der Waals surface area (Å²) < 4.78 is 55.3. The highest BCUT2D eigenvalue weighted by molar-refractivity contribution is 5.96. The fourth-order valence-corrected chi connectivity index (χ4v) is 3.66. The maximum atomic E-state index is 13.0. The van der Waals surface area contributed by atoms with Gasteiger partial charge in [-0.1, -0.05) is 24.3 Å². The van der Waals surface area contributed by atoms with E-state index in [-0.39, 0.29) is 18.5 Å². The molecule has 0 bridgehead atoms. The minimum Gasteiger partial charge on any atom is -0.490 e. The topological polar surface area (TPSA) is 60.0 Å². The van der Waals surface area contributed by atoms with Gasteiger partial charge in [0.2, 0.25) is 0 Å². The highest BCUT2D eigenvalue weighted by Gasteiger charge is 2.31. The molecule has 1 saturated heterocycles. The van der Waals surface area contributed by atoms with Crippen molar-refractivity contribution in [2.24, 2.45) is 0 Å². The quantitative estimate of drug-likeness (QED) is 0.538. The molecular formula is C24H29F3N2O4. The van der Waals surface area contributed by atoms with Gasteiger partial charge in [0, 0.05) is 26.2 Å². The monoisotopic (exact) mass is 466 g/mol. The lowest BCUT2D eigenvalue weighted by Crippen LogP contribution is -2.43. The molecule has 0 spiro atoms. The van der Waals surface area contributed by atoms with Crippen molar-refractivity contribution in [1.82, 2.24) is 10.2 Å². The van der Waals surface area contributed by atoms with E-state index in [2.05, 4.69) is 10.2 Å². The van der Waals surface area contributed by atoms with Crippen LogP contribution < -0.4 is 10.1 Å². The number of halogens is 3. The first-order chi connectivity index (χ1) is 15.9. The number of para-hydroxylation sites is 1. The molecule has 3 rings (SSSR count). The number of amides is 1. The number of morpholine rings is 1. The second-order valence-electron chi connectivity index (χ2n) is 7.54. The second-order valence-corrected chi connectivity index (χ2v) is 7.54. The highest BCUT2D eigenvalue weighted by Crippen LogP contribution is 2.31. The maximum Gasteiger partial charge on any atom is 0.416 e. The highest BCUT2D eigenvalue weighted by atomic mass is 19.4. The number of rotatable bonds is 10. The van der Waals surface area contributed by atoms with Crippen LogP contribution in [0.1, 0.15) is 34.5 Å². The Kier molecular flexibility index (Phi) is 9.11. The van der Waals surface area contributed by atoms with Crippen LogP contribution in [0.3, 0.4) is 0 Å². The predicted octanol–water partition coefficient (Wildman–Crippen LogP) is 3.92. The van der Waals surface area contributed by atoms with Crippen LogP contribution in [0.2, 0.25) is 0 Å². The van der Waals surface area contributed by atoms with Crippen molar-refractivity contribution < 1.29 is 32.2 Å². The average Bonchev–Trinajstić information content (AvgIpc) is 2.82. The number of hydrogen-bond donors (Lipinski definition) is 1. The molecule has 2 aromatic rings. The Morgan fingerprint density at radius 2 is 1.79 bits per heavy atom. The molecule has 1 unspecified atom stereocenters. The number of carbonyl (C=O) groups is 1. The van der Waals surface area contributed by atoms with Crippen LogP contribution >= 0.6 is 0 Å². The van der Waals surface area contributed by atoms with Crippen molar-refractivity contribution in [3.63, 3.8) is 0 Å².